The Hall–Kier alpha value is -3.12. The molecule has 1 saturated carbocycles. The number of nitrogens with one attached hydrogen (secondary N) is 1. The highest BCUT2D eigenvalue weighted by molar-refractivity contribution is 5.63. The SMILES string of the molecule is Cc1c(N2CCO[C@@H](c3ccc(N(C)C4CCCCC4)cc3)C2)[nH]c(-c2ccncc2)cc1=O. The molecule has 34 heavy (non-hydrogen) atoms. The van der Waals surface area contributed by atoms with Gasteiger partial charge in [0.1, 0.15) is 11.9 Å². The average Bonchev–Trinajstić information content (AvgIpc) is 2.91. The Morgan fingerprint density at radius 2 is 1.79 bits per heavy atom. The first-order valence-corrected chi connectivity index (χ1v) is 12.4. The molecule has 1 saturated heterocycles. The number of hydrogen-bond acceptors (Lipinski definition) is 5. The predicted molar refractivity (Wildman–Crippen MR) is 138 cm³/mol. The third kappa shape index (κ3) is 4.73. The number of benzene rings is 1. The second-order valence-corrected chi connectivity index (χ2v) is 9.56. The minimum absolute atomic E-state index is 0.0322. The first-order chi connectivity index (χ1) is 16.6. The highest BCUT2D eigenvalue weighted by Gasteiger charge is 2.25. The number of morpholine rings is 1. The molecular formula is C28H34N4O2. The minimum atomic E-state index is -0.0322. The molecule has 2 fully saturated rings. The number of ether oxygens (including phenoxy) is 1. The first kappa shape index (κ1) is 22.7. The molecule has 2 aliphatic rings. The van der Waals surface area contributed by atoms with Gasteiger partial charge < -0.3 is 19.5 Å². The lowest BCUT2D eigenvalue weighted by molar-refractivity contribution is 0.0395. The number of aromatic amines is 1. The van der Waals surface area contributed by atoms with Crippen LogP contribution in [-0.4, -0.2) is 42.8 Å². The second kappa shape index (κ2) is 10.0. The fourth-order valence-corrected chi connectivity index (χ4v) is 5.27. The summed E-state index contributed by atoms with van der Waals surface area (Å²) in [5.41, 5.74) is 4.99. The van der Waals surface area contributed by atoms with E-state index in [0.29, 0.717) is 19.2 Å². The van der Waals surface area contributed by atoms with Crippen molar-refractivity contribution in [3.05, 3.63) is 76.2 Å². The maximum Gasteiger partial charge on any atom is 0.187 e. The van der Waals surface area contributed by atoms with Crippen LogP contribution in [0.3, 0.4) is 0 Å². The number of H-pyrrole nitrogens is 1. The van der Waals surface area contributed by atoms with Gasteiger partial charge in [-0.05, 0) is 49.6 Å². The molecule has 6 heteroatoms. The lowest BCUT2D eigenvalue weighted by Gasteiger charge is -2.36. The van der Waals surface area contributed by atoms with Crippen LogP contribution in [0.2, 0.25) is 0 Å². The third-order valence-corrected chi connectivity index (χ3v) is 7.42. The van der Waals surface area contributed by atoms with Crippen LogP contribution in [0.5, 0.6) is 0 Å². The van der Waals surface area contributed by atoms with Crippen molar-refractivity contribution < 1.29 is 4.74 Å². The van der Waals surface area contributed by atoms with Crippen molar-refractivity contribution in [2.75, 3.05) is 36.5 Å². The number of aromatic nitrogens is 2. The Kier molecular flexibility index (Phi) is 6.68. The highest BCUT2D eigenvalue weighted by Crippen LogP contribution is 2.30. The largest absolute Gasteiger partial charge is 0.372 e. The Balaban J connectivity index is 1.34. The first-order valence-electron chi connectivity index (χ1n) is 12.4. The monoisotopic (exact) mass is 458 g/mol. The van der Waals surface area contributed by atoms with E-state index in [2.05, 4.69) is 51.1 Å². The van der Waals surface area contributed by atoms with Crippen molar-refractivity contribution in [3.8, 4) is 11.3 Å². The predicted octanol–water partition coefficient (Wildman–Crippen LogP) is 5.09. The zero-order valence-corrected chi connectivity index (χ0v) is 20.2. The fourth-order valence-electron chi connectivity index (χ4n) is 5.27. The summed E-state index contributed by atoms with van der Waals surface area (Å²) in [4.78, 5) is 25.0. The molecule has 2 aromatic heterocycles. The van der Waals surface area contributed by atoms with E-state index in [4.69, 9.17) is 4.74 Å². The Bertz CT molecular complexity index is 1150. The van der Waals surface area contributed by atoms with Crippen LogP contribution in [0.15, 0.2) is 59.7 Å². The van der Waals surface area contributed by atoms with Crippen LogP contribution in [0.25, 0.3) is 11.3 Å². The fraction of sp³-hybridized carbons (Fsp3) is 0.429. The second-order valence-electron chi connectivity index (χ2n) is 9.56. The summed E-state index contributed by atoms with van der Waals surface area (Å²) in [5, 5.41) is 0. The van der Waals surface area contributed by atoms with Crippen LogP contribution < -0.4 is 15.2 Å². The van der Waals surface area contributed by atoms with Gasteiger partial charge >= 0.3 is 0 Å². The van der Waals surface area contributed by atoms with Gasteiger partial charge in [-0.25, -0.2) is 0 Å². The van der Waals surface area contributed by atoms with Crippen molar-refractivity contribution in [2.45, 2.75) is 51.2 Å². The van der Waals surface area contributed by atoms with Crippen molar-refractivity contribution in [1.29, 1.82) is 0 Å². The summed E-state index contributed by atoms with van der Waals surface area (Å²) in [6.07, 6.45) is 10.1. The summed E-state index contributed by atoms with van der Waals surface area (Å²) in [6.45, 7) is 3.96. The van der Waals surface area contributed by atoms with Gasteiger partial charge in [-0.15, -0.1) is 0 Å². The average molecular weight is 459 g/mol. The van der Waals surface area contributed by atoms with Gasteiger partial charge in [0.05, 0.1) is 12.3 Å². The van der Waals surface area contributed by atoms with Crippen LogP contribution >= 0.6 is 0 Å². The zero-order chi connectivity index (χ0) is 23.5. The van der Waals surface area contributed by atoms with Crippen LogP contribution in [-0.2, 0) is 4.74 Å². The molecule has 178 valence electrons. The van der Waals surface area contributed by atoms with E-state index in [1.165, 1.54) is 43.4 Å². The molecule has 1 atom stereocenters. The smallest absolute Gasteiger partial charge is 0.187 e. The Labute approximate surface area is 201 Å². The molecule has 0 unspecified atom stereocenters. The molecular weight excluding hydrogens is 424 g/mol. The molecule has 0 spiro atoms. The van der Waals surface area contributed by atoms with E-state index in [0.717, 1.165) is 29.2 Å². The maximum absolute atomic E-state index is 12.8. The van der Waals surface area contributed by atoms with E-state index in [1.807, 2.05) is 19.1 Å². The van der Waals surface area contributed by atoms with E-state index in [9.17, 15) is 4.79 Å². The number of rotatable bonds is 5. The van der Waals surface area contributed by atoms with Crippen molar-refractivity contribution >= 4 is 11.5 Å². The topological polar surface area (TPSA) is 61.5 Å². The van der Waals surface area contributed by atoms with Gasteiger partial charge in [0.2, 0.25) is 0 Å². The quantitative estimate of drug-likeness (QED) is 0.577. The van der Waals surface area contributed by atoms with E-state index < -0.39 is 0 Å². The van der Waals surface area contributed by atoms with Crippen LogP contribution in [0.1, 0.15) is 49.3 Å². The van der Waals surface area contributed by atoms with E-state index >= 15 is 0 Å². The number of anilines is 2. The third-order valence-electron chi connectivity index (χ3n) is 7.42. The summed E-state index contributed by atoms with van der Waals surface area (Å²) < 4.78 is 6.16. The molecule has 1 aliphatic carbocycles. The minimum Gasteiger partial charge on any atom is -0.372 e. The molecule has 0 radical (unpaired) electrons. The molecule has 0 amide bonds. The Morgan fingerprint density at radius 1 is 1.06 bits per heavy atom. The van der Waals surface area contributed by atoms with Gasteiger partial charge in [0, 0.05) is 61.5 Å². The number of nitrogens with zero attached hydrogens (tertiary/aromatic N) is 3. The van der Waals surface area contributed by atoms with E-state index in [1.54, 1.807) is 18.5 Å². The lowest BCUT2D eigenvalue weighted by Crippen LogP contribution is -2.40. The van der Waals surface area contributed by atoms with Gasteiger partial charge in [0.25, 0.3) is 0 Å². The molecule has 6 nitrogen and oxygen atoms in total. The molecule has 0 bridgehead atoms. The molecule has 3 aromatic rings. The summed E-state index contributed by atoms with van der Waals surface area (Å²) in [7, 11) is 2.22. The molecule has 1 N–H and O–H groups in total. The van der Waals surface area contributed by atoms with Gasteiger partial charge in [0.15, 0.2) is 5.43 Å². The summed E-state index contributed by atoms with van der Waals surface area (Å²) >= 11 is 0. The summed E-state index contributed by atoms with van der Waals surface area (Å²) in [6, 6.07) is 15.0. The number of hydrogen-bond donors (Lipinski definition) is 1. The Morgan fingerprint density at radius 3 is 2.53 bits per heavy atom. The zero-order valence-electron chi connectivity index (χ0n) is 20.2. The standard InChI is InChI=1S/C28H34N4O2/c1-20-26(33)18-25(21-12-14-29-15-13-21)30-28(20)32-16-17-34-27(19-32)22-8-10-24(11-9-22)31(2)23-6-4-3-5-7-23/h8-15,18,23,27H,3-7,16-17,19H2,1-2H3,(H,30,33)/t27-/m1/s1. The van der Waals surface area contributed by atoms with Crippen molar-refractivity contribution in [2.24, 2.45) is 0 Å². The maximum atomic E-state index is 12.8. The van der Waals surface area contributed by atoms with E-state index in [-0.39, 0.29) is 11.5 Å². The van der Waals surface area contributed by atoms with Crippen LogP contribution in [0.4, 0.5) is 11.5 Å². The van der Waals surface area contributed by atoms with Gasteiger partial charge in [-0.3, -0.25) is 9.78 Å². The van der Waals surface area contributed by atoms with Crippen LogP contribution in [0, 0.1) is 6.92 Å². The molecule has 1 aliphatic heterocycles. The van der Waals surface area contributed by atoms with Crippen molar-refractivity contribution in [3.63, 3.8) is 0 Å². The summed E-state index contributed by atoms with van der Waals surface area (Å²) in [5.74, 6) is 0.876. The van der Waals surface area contributed by atoms with Gasteiger partial charge in [-0.1, -0.05) is 31.4 Å². The van der Waals surface area contributed by atoms with Gasteiger partial charge in [-0.2, -0.15) is 0 Å². The molecule has 5 rings (SSSR count). The lowest BCUT2D eigenvalue weighted by atomic mass is 9.94. The molecule has 1 aromatic carbocycles. The number of pyridine rings is 2. The highest BCUT2D eigenvalue weighted by atomic mass is 16.5. The normalized spacial score (nSPS) is 19.2. The molecule has 3 heterocycles. The van der Waals surface area contributed by atoms with Crippen molar-refractivity contribution in [1.82, 2.24) is 9.97 Å².